The molecule has 6 heteroatoms. The molecule has 3 rings (SSSR count). The molecule has 2 saturated heterocycles. The number of hydrogen-bond donors (Lipinski definition) is 1. The Kier molecular flexibility index (Phi) is 10.1. The van der Waals surface area contributed by atoms with E-state index in [1.165, 1.54) is 97.1 Å². The third-order valence-corrected chi connectivity index (χ3v) is 6.86. The first-order valence-electron chi connectivity index (χ1n) is 11.1. The van der Waals surface area contributed by atoms with Crippen LogP contribution in [-0.4, -0.2) is 87.1 Å². The van der Waals surface area contributed by atoms with Crippen molar-refractivity contribution in [2.45, 2.75) is 57.8 Å². The van der Waals surface area contributed by atoms with Crippen molar-refractivity contribution in [2.24, 2.45) is 10.4 Å². The summed E-state index contributed by atoms with van der Waals surface area (Å²) in [6.07, 6.45) is 12.7. The molecule has 0 unspecified atom stereocenters. The Morgan fingerprint density at radius 2 is 1.63 bits per heavy atom. The lowest BCUT2D eigenvalue weighted by atomic mass is 9.74. The number of nitrogens with zero attached hydrogens (tertiary/aromatic N) is 4. The molecule has 0 atom stereocenters. The number of halogens is 1. The van der Waals surface area contributed by atoms with Gasteiger partial charge in [-0.2, -0.15) is 0 Å². The van der Waals surface area contributed by atoms with E-state index in [0.29, 0.717) is 5.41 Å². The van der Waals surface area contributed by atoms with E-state index in [1.54, 1.807) is 0 Å². The highest BCUT2D eigenvalue weighted by Crippen LogP contribution is 2.42. The number of guanidine groups is 1. The topological polar surface area (TPSA) is 34.1 Å². The Morgan fingerprint density at radius 3 is 2.37 bits per heavy atom. The molecule has 27 heavy (non-hydrogen) atoms. The molecule has 1 saturated carbocycles. The molecule has 158 valence electrons. The summed E-state index contributed by atoms with van der Waals surface area (Å²) in [7, 11) is 4.20. The first-order chi connectivity index (χ1) is 12.7. The van der Waals surface area contributed by atoms with Gasteiger partial charge in [-0.15, -0.1) is 24.0 Å². The van der Waals surface area contributed by atoms with Gasteiger partial charge >= 0.3 is 0 Å². The Bertz CT molecular complexity index is 448. The summed E-state index contributed by atoms with van der Waals surface area (Å²) in [6.45, 7) is 9.41. The molecule has 1 N–H and O–H groups in total. The zero-order valence-electron chi connectivity index (χ0n) is 17.7. The SMILES string of the molecule is CN=C(NCCN1CCCN(C)CC1)N1CCCC2(CCCCCC2)C1.I. The molecule has 0 amide bonds. The van der Waals surface area contributed by atoms with Crippen LogP contribution >= 0.6 is 24.0 Å². The summed E-state index contributed by atoms with van der Waals surface area (Å²) in [5.41, 5.74) is 0.571. The Hall–Kier alpha value is -0.0800. The Balaban J connectivity index is 0.00000261. The van der Waals surface area contributed by atoms with Crippen LogP contribution in [0.3, 0.4) is 0 Å². The van der Waals surface area contributed by atoms with Crippen LogP contribution in [0.1, 0.15) is 57.8 Å². The smallest absolute Gasteiger partial charge is 0.193 e. The summed E-state index contributed by atoms with van der Waals surface area (Å²) in [6, 6.07) is 0. The largest absolute Gasteiger partial charge is 0.355 e. The number of nitrogens with one attached hydrogen (secondary N) is 1. The minimum atomic E-state index is 0. The molecule has 0 aromatic carbocycles. The minimum Gasteiger partial charge on any atom is -0.355 e. The fraction of sp³-hybridized carbons (Fsp3) is 0.952. The van der Waals surface area contributed by atoms with Crippen LogP contribution in [-0.2, 0) is 0 Å². The number of piperidine rings is 1. The zero-order chi connectivity index (χ0) is 18.2. The van der Waals surface area contributed by atoms with Crippen LogP contribution < -0.4 is 5.32 Å². The molecule has 1 aliphatic carbocycles. The number of rotatable bonds is 3. The van der Waals surface area contributed by atoms with Crippen molar-refractivity contribution in [1.29, 1.82) is 0 Å². The van der Waals surface area contributed by atoms with E-state index in [-0.39, 0.29) is 24.0 Å². The fourth-order valence-electron chi connectivity index (χ4n) is 5.26. The van der Waals surface area contributed by atoms with E-state index < -0.39 is 0 Å². The predicted octanol–water partition coefficient (Wildman–Crippen LogP) is 3.25. The molecule has 3 aliphatic rings. The van der Waals surface area contributed by atoms with Gasteiger partial charge in [-0.05, 0) is 57.7 Å². The molecule has 0 aromatic rings. The van der Waals surface area contributed by atoms with Crippen LogP contribution in [0.4, 0.5) is 0 Å². The molecule has 0 radical (unpaired) electrons. The summed E-state index contributed by atoms with van der Waals surface area (Å²) in [4.78, 5) is 12.2. The normalized spacial score (nSPS) is 25.6. The van der Waals surface area contributed by atoms with E-state index >= 15 is 0 Å². The Labute approximate surface area is 184 Å². The van der Waals surface area contributed by atoms with E-state index in [0.717, 1.165) is 19.0 Å². The lowest BCUT2D eigenvalue weighted by Crippen LogP contribution is -2.51. The van der Waals surface area contributed by atoms with Gasteiger partial charge < -0.3 is 20.0 Å². The first-order valence-corrected chi connectivity index (χ1v) is 11.1. The van der Waals surface area contributed by atoms with E-state index in [2.05, 4.69) is 32.1 Å². The molecule has 0 bridgehead atoms. The van der Waals surface area contributed by atoms with Crippen molar-refractivity contribution in [1.82, 2.24) is 20.0 Å². The highest BCUT2D eigenvalue weighted by atomic mass is 127. The van der Waals surface area contributed by atoms with Gasteiger partial charge in [0.05, 0.1) is 0 Å². The molecule has 1 spiro atoms. The molecular formula is C21H42IN5. The third-order valence-electron chi connectivity index (χ3n) is 6.86. The second-order valence-electron chi connectivity index (χ2n) is 8.91. The summed E-state index contributed by atoms with van der Waals surface area (Å²) in [5, 5.41) is 3.68. The monoisotopic (exact) mass is 491 g/mol. The molecule has 5 nitrogen and oxygen atoms in total. The van der Waals surface area contributed by atoms with Crippen LogP contribution in [0.2, 0.25) is 0 Å². The van der Waals surface area contributed by atoms with Gasteiger partial charge in [0.15, 0.2) is 5.96 Å². The van der Waals surface area contributed by atoms with Crippen molar-refractivity contribution in [3.05, 3.63) is 0 Å². The number of hydrogen-bond acceptors (Lipinski definition) is 3. The van der Waals surface area contributed by atoms with Crippen molar-refractivity contribution in [3.8, 4) is 0 Å². The van der Waals surface area contributed by atoms with Gasteiger partial charge in [0, 0.05) is 46.3 Å². The molecule has 2 heterocycles. The zero-order valence-corrected chi connectivity index (χ0v) is 20.0. The van der Waals surface area contributed by atoms with E-state index in [4.69, 9.17) is 0 Å². The first kappa shape index (κ1) is 23.2. The number of likely N-dealkylation sites (tertiary alicyclic amines) is 1. The van der Waals surface area contributed by atoms with Crippen LogP contribution in [0, 0.1) is 5.41 Å². The maximum absolute atomic E-state index is 4.63. The van der Waals surface area contributed by atoms with Crippen molar-refractivity contribution in [2.75, 3.05) is 66.5 Å². The average molecular weight is 492 g/mol. The maximum Gasteiger partial charge on any atom is 0.193 e. The van der Waals surface area contributed by atoms with Crippen LogP contribution in [0.5, 0.6) is 0 Å². The van der Waals surface area contributed by atoms with Crippen LogP contribution in [0.15, 0.2) is 4.99 Å². The highest BCUT2D eigenvalue weighted by molar-refractivity contribution is 14.0. The van der Waals surface area contributed by atoms with Crippen molar-refractivity contribution < 1.29 is 0 Å². The standard InChI is InChI=1S/C21H41N5.HI/c1-22-20(23-12-16-25-14-8-13-24(2)17-18-25)26-15-7-11-21(19-26)9-5-3-4-6-10-21;/h3-19H2,1-2H3,(H,22,23);1H. The van der Waals surface area contributed by atoms with Crippen molar-refractivity contribution in [3.63, 3.8) is 0 Å². The van der Waals surface area contributed by atoms with Gasteiger partial charge in [0.1, 0.15) is 0 Å². The predicted molar refractivity (Wildman–Crippen MR) is 126 cm³/mol. The average Bonchev–Trinajstić information content (AvgIpc) is 2.99. The lowest BCUT2D eigenvalue weighted by Gasteiger charge is -2.44. The molecule has 3 fully saturated rings. The Morgan fingerprint density at radius 1 is 0.889 bits per heavy atom. The van der Waals surface area contributed by atoms with E-state index in [9.17, 15) is 0 Å². The summed E-state index contributed by atoms with van der Waals surface area (Å²) in [5.74, 6) is 1.14. The molecular weight excluding hydrogens is 449 g/mol. The number of likely N-dealkylation sites (N-methyl/N-ethyl adjacent to an activating group) is 1. The molecule has 0 aromatic heterocycles. The van der Waals surface area contributed by atoms with Crippen molar-refractivity contribution >= 4 is 29.9 Å². The fourth-order valence-corrected chi connectivity index (χ4v) is 5.26. The van der Waals surface area contributed by atoms with E-state index in [1.807, 2.05) is 7.05 Å². The van der Waals surface area contributed by atoms with Gasteiger partial charge in [-0.25, -0.2) is 0 Å². The summed E-state index contributed by atoms with van der Waals surface area (Å²) < 4.78 is 0. The lowest BCUT2D eigenvalue weighted by molar-refractivity contribution is 0.115. The highest BCUT2D eigenvalue weighted by Gasteiger charge is 2.36. The van der Waals surface area contributed by atoms with Gasteiger partial charge in [0.2, 0.25) is 0 Å². The number of aliphatic imine (C=N–C) groups is 1. The maximum atomic E-state index is 4.63. The van der Waals surface area contributed by atoms with Gasteiger partial charge in [0.25, 0.3) is 0 Å². The third kappa shape index (κ3) is 7.03. The summed E-state index contributed by atoms with van der Waals surface area (Å²) >= 11 is 0. The second kappa shape index (κ2) is 11.8. The molecule has 2 aliphatic heterocycles. The second-order valence-corrected chi connectivity index (χ2v) is 8.91. The van der Waals surface area contributed by atoms with Crippen LogP contribution in [0.25, 0.3) is 0 Å². The van der Waals surface area contributed by atoms with Gasteiger partial charge in [-0.3, -0.25) is 4.99 Å². The quantitative estimate of drug-likeness (QED) is 0.374. The van der Waals surface area contributed by atoms with Gasteiger partial charge in [-0.1, -0.05) is 25.7 Å². The minimum absolute atomic E-state index is 0.